The van der Waals surface area contributed by atoms with Gasteiger partial charge in [-0.3, -0.25) is 9.69 Å². The second-order valence-corrected chi connectivity index (χ2v) is 8.26. The first-order valence-electron chi connectivity index (χ1n) is 9.27. The predicted octanol–water partition coefficient (Wildman–Crippen LogP) is 3.95. The van der Waals surface area contributed by atoms with Crippen LogP contribution >= 0.6 is 11.3 Å². The zero-order valence-electron chi connectivity index (χ0n) is 15.1. The summed E-state index contributed by atoms with van der Waals surface area (Å²) in [7, 11) is 0. The lowest BCUT2D eigenvalue weighted by molar-refractivity contribution is 0.247. The van der Waals surface area contributed by atoms with Crippen LogP contribution in [0.2, 0.25) is 0 Å². The van der Waals surface area contributed by atoms with Gasteiger partial charge in [-0.2, -0.15) is 9.61 Å². The van der Waals surface area contributed by atoms with Crippen LogP contribution in [0, 0.1) is 6.92 Å². The summed E-state index contributed by atoms with van der Waals surface area (Å²) in [5, 5.41) is 7.68. The maximum absolute atomic E-state index is 12.4. The summed E-state index contributed by atoms with van der Waals surface area (Å²) in [4.78, 5) is 20.2. The molecule has 5 nitrogen and oxygen atoms in total. The Morgan fingerprint density at radius 1 is 1.19 bits per heavy atom. The van der Waals surface area contributed by atoms with Crippen LogP contribution in [0.4, 0.5) is 0 Å². The first kappa shape index (κ1) is 16.6. The highest BCUT2D eigenvalue weighted by molar-refractivity contribution is 7.16. The normalized spacial score (nSPS) is 17.9. The van der Waals surface area contributed by atoms with E-state index >= 15 is 0 Å². The van der Waals surface area contributed by atoms with Gasteiger partial charge >= 0.3 is 0 Å². The molecule has 1 aliphatic heterocycles. The molecule has 5 rings (SSSR count). The highest BCUT2D eigenvalue weighted by atomic mass is 32.1. The Bertz CT molecular complexity index is 1190. The van der Waals surface area contributed by atoms with Crippen molar-refractivity contribution >= 4 is 27.1 Å². The fraction of sp³-hybridized carbons (Fsp3) is 0.286. The zero-order valence-corrected chi connectivity index (χ0v) is 15.9. The highest BCUT2D eigenvalue weighted by Crippen LogP contribution is 2.36. The van der Waals surface area contributed by atoms with E-state index in [1.54, 1.807) is 6.07 Å². The van der Waals surface area contributed by atoms with E-state index in [9.17, 15) is 4.79 Å². The van der Waals surface area contributed by atoms with E-state index in [2.05, 4.69) is 57.4 Å². The van der Waals surface area contributed by atoms with Crippen molar-refractivity contribution in [2.75, 3.05) is 6.54 Å². The van der Waals surface area contributed by atoms with Gasteiger partial charge in [0.25, 0.3) is 5.56 Å². The Labute approximate surface area is 160 Å². The van der Waals surface area contributed by atoms with Gasteiger partial charge < -0.3 is 0 Å². The Hall–Kier alpha value is -2.57. The van der Waals surface area contributed by atoms with Crippen molar-refractivity contribution in [3.63, 3.8) is 0 Å². The maximum atomic E-state index is 12.4. The van der Waals surface area contributed by atoms with Gasteiger partial charge in [0, 0.05) is 18.7 Å². The minimum Gasteiger partial charge on any atom is -0.290 e. The van der Waals surface area contributed by atoms with Crippen LogP contribution < -0.4 is 5.56 Å². The molecule has 1 fully saturated rings. The SMILES string of the molecule is Cc1nn2c(=O)cc(CN3CCCC3c3cccc4ccccc34)nc2s1. The summed E-state index contributed by atoms with van der Waals surface area (Å²) in [5.74, 6) is 0. The van der Waals surface area contributed by atoms with Crippen LogP contribution in [0.15, 0.2) is 53.3 Å². The maximum Gasteiger partial charge on any atom is 0.275 e. The lowest BCUT2D eigenvalue weighted by Gasteiger charge is -2.25. The third kappa shape index (κ3) is 2.95. The van der Waals surface area contributed by atoms with Crippen molar-refractivity contribution in [2.24, 2.45) is 0 Å². The van der Waals surface area contributed by atoms with Crippen LogP contribution in [0.25, 0.3) is 15.7 Å². The van der Waals surface area contributed by atoms with Crippen molar-refractivity contribution in [3.8, 4) is 0 Å². The summed E-state index contributed by atoms with van der Waals surface area (Å²) < 4.78 is 1.40. The molecular formula is C21H20N4OS. The van der Waals surface area contributed by atoms with Crippen molar-refractivity contribution in [3.05, 3.63) is 75.1 Å². The summed E-state index contributed by atoms with van der Waals surface area (Å²) in [6, 6.07) is 17.1. The lowest BCUT2D eigenvalue weighted by Crippen LogP contribution is -2.25. The molecule has 1 atom stereocenters. The van der Waals surface area contributed by atoms with E-state index in [1.807, 2.05) is 6.92 Å². The number of nitrogens with zero attached hydrogens (tertiary/aromatic N) is 4. The molecular weight excluding hydrogens is 356 g/mol. The molecule has 1 saturated heterocycles. The van der Waals surface area contributed by atoms with Gasteiger partial charge in [0.2, 0.25) is 4.96 Å². The molecule has 0 spiro atoms. The minimum atomic E-state index is -0.0970. The minimum absolute atomic E-state index is 0.0970. The van der Waals surface area contributed by atoms with E-state index in [4.69, 9.17) is 0 Å². The largest absolute Gasteiger partial charge is 0.290 e. The van der Waals surface area contributed by atoms with Crippen molar-refractivity contribution in [1.29, 1.82) is 0 Å². The third-order valence-corrected chi connectivity index (χ3v) is 6.13. The molecule has 0 N–H and O–H groups in total. The van der Waals surface area contributed by atoms with Gasteiger partial charge in [-0.1, -0.05) is 53.8 Å². The summed E-state index contributed by atoms with van der Waals surface area (Å²) >= 11 is 1.46. The quantitative estimate of drug-likeness (QED) is 0.543. The van der Waals surface area contributed by atoms with E-state index in [1.165, 1.54) is 32.2 Å². The number of likely N-dealkylation sites (tertiary alicyclic amines) is 1. The molecule has 0 saturated carbocycles. The van der Waals surface area contributed by atoms with Gasteiger partial charge in [0.15, 0.2) is 0 Å². The highest BCUT2D eigenvalue weighted by Gasteiger charge is 2.27. The van der Waals surface area contributed by atoms with Gasteiger partial charge in [-0.15, -0.1) is 0 Å². The number of hydrogen-bond donors (Lipinski definition) is 0. The van der Waals surface area contributed by atoms with Crippen LogP contribution in [-0.2, 0) is 6.54 Å². The average molecular weight is 376 g/mol. The molecule has 27 heavy (non-hydrogen) atoms. The molecule has 1 aliphatic rings. The summed E-state index contributed by atoms with van der Waals surface area (Å²) in [6.07, 6.45) is 2.30. The van der Waals surface area contributed by atoms with Crippen molar-refractivity contribution < 1.29 is 0 Å². The molecule has 2 aromatic heterocycles. The van der Waals surface area contributed by atoms with E-state index in [0.29, 0.717) is 17.5 Å². The molecule has 136 valence electrons. The number of benzene rings is 2. The topological polar surface area (TPSA) is 50.5 Å². The van der Waals surface area contributed by atoms with Crippen molar-refractivity contribution in [1.82, 2.24) is 19.5 Å². The fourth-order valence-electron chi connectivity index (χ4n) is 4.15. The molecule has 2 aromatic carbocycles. The fourth-order valence-corrected chi connectivity index (χ4v) is 4.92. The Balaban J connectivity index is 1.51. The first-order valence-corrected chi connectivity index (χ1v) is 10.1. The Kier molecular flexibility index (Phi) is 4.02. The summed E-state index contributed by atoms with van der Waals surface area (Å²) in [5.41, 5.74) is 2.10. The third-order valence-electron chi connectivity index (χ3n) is 5.31. The Morgan fingerprint density at radius 3 is 2.96 bits per heavy atom. The first-order chi connectivity index (χ1) is 13.2. The second kappa shape index (κ2) is 6.55. The molecule has 6 heteroatoms. The summed E-state index contributed by atoms with van der Waals surface area (Å²) in [6.45, 7) is 3.61. The monoisotopic (exact) mass is 376 g/mol. The standard InChI is InChI=1S/C21H20N4OS/c1-14-23-25-20(26)12-16(22-21(25)27-14)13-24-11-5-10-19(24)18-9-4-7-15-6-2-3-8-17(15)18/h2-4,6-9,12,19H,5,10-11,13H2,1H3. The van der Waals surface area contributed by atoms with Crippen molar-refractivity contribution in [2.45, 2.75) is 32.4 Å². The molecule has 4 aromatic rings. The average Bonchev–Trinajstić information content (AvgIpc) is 3.27. The molecule has 3 heterocycles. The van der Waals surface area contributed by atoms with E-state index in [-0.39, 0.29) is 5.56 Å². The smallest absolute Gasteiger partial charge is 0.275 e. The Morgan fingerprint density at radius 2 is 2.04 bits per heavy atom. The number of rotatable bonds is 3. The van der Waals surface area contributed by atoms with Gasteiger partial charge in [0.05, 0.1) is 5.69 Å². The lowest BCUT2D eigenvalue weighted by atomic mass is 9.97. The molecule has 1 unspecified atom stereocenters. The predicted molar refractivity (Wildman–Crippen MR) is 108 cm³/mol. The number of fused-ring (bicyclic) bond motifs is 2. The van der Waals surface area contributed by atoms with Gasteiger partial charge in [-0.25, -0.2) is 4.98 Å². The van der Waals surface area contributed by atoms with E-state index in [0.717, 1.165) is 30.1 Å². The molecule has 0 amide bonds. The van der Waals surface area contributed by atoms with E-state index < -0.39 is 0 Å². The van der Waals surface area contributed by atoms with Crippen LogP contribution in [0.3, 0.4) is 0 Å². The molecule has 0 bridgehead atoms. The van der Waals surface area contributed by atoms with Crippen LogP contribution in [-0.4, -0.2) is 26.0 Å². The van der Waals surface area contributed by atoms with Gasteiger partial charge in [0.1, 0.15) is 5.01 Å². The molecule has 0 aliphatic carbocycles. The second-order valence-electron chi connectivity index (χ2n) is 7.10. The zero-order chi connectivity index (χ0) is 18.4. The number of aromatic nitrogens is 3. The number of hydrogen-bond acceptors (Lipinski definition) is 5. The van der Waals surface area contributed by atoms with Gasteiger partial charge in [-0.05, 0) is 42.6 Å². The van der Waals surface area contributed by atoms with Crippen LogP contribution in [0.1, 0.15) is 35.1 Å². The van der Waals surface area contributed by atoms with Crippen LogP contribution in [0.5, 0.6) is 0 Å². The number of aryl methyl sites for hydroxylation is 1. The molecule has 0 radical (unpaired) electrons.